The minimum atomic E-state index is 0.126. The highest BCUT2D eigenvalue weighted by atomic mass is 32.2. The molecule has 2 aromatic carbocycles. The van der Waals surface area contributed by atoms with Crippen molar-refractivity contribution in [2.75, 3.05) is 19.6 Å². The summed E-state index contributed by atoms with van der Waals surface area (Å²) in [5, 5.41) is 0. The van der Waals surface area contributed by atoms with Gasteiger partial charge in [0.2, 0.25) is 0 Å². The Kier molecular flexibility index (Phi) is 5.36. The molecule has 1 aliphatic heterocycles. The molecular weight excluding hydrogens is 304 g/mol. The molecule has 0 spiro atoms. The van der Waals surface area contributed by atoms with Crippen molar-refractivity contribution in [3.05, 3.63) is 65.7 Å². The van der Waals surface area contributed by atoms with E-state index in [0.717, 1.165) is 30.8 Å². The highest BCUT2D eigenvalue weighted by Crippen LogP contribution is 2.24. The van der Waals surface area contributed by atoms with E-state index in [1.807, 2.05) is 35.2 Å². The van der Waals surface area contributed by atoms with Crippen molar-refractivity contribution in [2.24, 2.45) is 11.7 Å². The first-order valence-corrected chi connectivity index (χ1v) is 9.01. The van der Waals surface area contributed by atoms with E-state index >= 15 is 0 Å². The van der Waals surface area contributed by atoms with Gasteiger partial charge in [-0.15, -0.1) is 11.8 Å². The molecule has 1 amide bonds. The fourth-order valence-electron chi connectivity index (χ4n) is 2.83. The molecule has 1 saturated heterocycles. The molecule has 0 aliphatic carbocycles. The molecule has 0 radical (unpaired) electrons. The average Bonchev–Trinajstić information content (AvgIpc) is 3.10. The van der Waals surface area contributed by atoms with Gasteiger partial charge in [-0.25, -0.2) is 0 Å². The maximum Gasteiger partial charge on any atom is 0.253 e. The van der Waals surface area contributed by atoms with Crippen LogP contribution < -0.4 is 5.73 Å². The lowest BCUT2D eigenvalue weighted by Crippen LogP contribution is -2.29. The number of likely N-dealkylation sites (tertiary alicyclic amines) is 1. The van der Waals surface area contributed by atoms with E-state index in [2.05, 4.69) is 24.3 Å². The lowest BCUT2D eigenvalue weighted by atomic mass is 10.1. The SMILES string of the molecule is NCC1CCN(C(=O)c2ccc(SCc3ccccc3)cc2)C1. The summed E-state index contributed by atoms with van der Waals surface area (Å²) in [4.78, 5) is 15.6. The number of carbonyl (C=O) groups excluding carboxylic acids is 1. The van der Waals surface area contributed by atoms with Gasteiger partial charge in [-0.2, -0.15) is 0 Å². The van der Waals surface area contributed by atoms with Gasteiger partial charge in [0.25, 0.3) is 5.91 Å². The van der Waals surface area contributed by atoms with Gasteiger partial charge >= 0.3 is 0 Å². The van der Waals surface area contributed by atoms with Crippen molar-refractivity contribution in [2.45, 2.75) is 17.1 Å². The van der Waals surface area contributed by atoms with Crippen LogP contribution in [-0.2, 0) is 5.75 Å². The Balaban J connectivity index is 1.57. The highest BCUT2D eigenvalue weighted by Gasteiger charge is 2.25. The zero-order valence-corrected chi connectivity index (χ0v) is 14.0. The maximum atomic E-state index is 12.5. The van der Waals surface area contributed by atoms with E-state index in [0.29, 0.717) is 12.5 Å². The number of nitrogens with zero attached hydrogens (tertiary/aromatic N) is 1. The number of amides is 1. The number of carbonyl (C=O) groups is 1. The second kappa shape index (κ2) is 7.66. The number of hydrogen-bond donors (Lipinski definition) is 1. The Bertz CT molecular complexity index is 642. The van der Waals surface area contributed by atoms with Gasteiger partial charge in [0.1, 0.15) is 0 Å². The van der Waals surface area contributed by atoms with Crippen LogP contribution in [0.25, 0.3) is 0 Å². The minimum absolute atomic E-state index is 0.126. The second-order valence-corrected chi connectivity index (χ2v) is 6.99. The van der Waals surface area contributed by atoms with Crippen molar-refractivity contribution in [1.29, 1.82) is 0 Å². The van der Waals surface area contributed by atoms with Crippen molar-refractivity contribution >= 4 is 17.7 Å². The van der Waals surface area contributed by atoms with Crippen LogP contribution in [0.15, 0.2) is 59.5 Å². The van der Waals surface area contributed by atoms with Gasteiger partial charge in [-0.05, 0) is 48.7 Å². The fraction of sp³-hybridized carbons (Fsp3) is 0.316. The minimum Gasteiger partial charge on any atom is -0.338 e. The summed E-state index contributed by atoms with van der Waals surface area (Å²) < 4.78 is 0. The molecule has 4 heteroatoms. The van der Waals surface area contributed by atoms with Crippen LogP contribution in [0.2, 0.25) is 0 Å². The van der Waals surface area contributed by atoms with Crippen LogP contribution in [0.1, 0.15) is 22.3 Å². The maximum absolute atomic E-state index is 12.5. The zero-order chi connectivity index (χ0) is 16.1. The van der Waals surface area contributed by atoms with Crippen molar-refractivity contribution in [1.82, 2.24) is 4.90 Å². The van der Waals surface area contributed by atoms with Crippen molar-refractivity contribution < 1.29 is 4.79 Å². The molecule has 1 unspecified atom stereocenters. The number of nitrogens with two attached hydrogens (primary N) is 1. The van der Waals surface area contributed by atoms with E-state index in [4.69, 9.17) is 5.73 Å². The van der Waals surface area contributed by atoms with Gasteiger partial charge in [-0.3, -0.25) is 4.79 Å². The number of hydrogen-bond acceptors (Lipinski definition) is 3. The van der Waals surface area contributed by atoms with Crippen molar-refractivity contribution in [3.63, 3.8) is 0 Å². The quantitative estimate of drug-likeness (QED) is 0.857. The molecule has 1 fully saturated rings. The first-order valence-electron chi connectivity index (χ1n) is 8.02. The monoisotopic (exact) mass is 326 g/mol. The summed E-state index contributed by atoms with van der Waals surface area (Å²) in [5.74, 6) is 1.53. The van der Waals surface area contributed by atoms with Crippen LogP contribution in [-0.4, -0.2) is 30.4 Å². The van der Waals surface area contributed by atoms with E-state index in [1.54, 1.807) is 11.8 Å². The normalized spacial score (nSPS) is 17.4. The number of rotatable bonds is 5. The molecule has 3 nitrogen and oxygen atoms in total. The summed E-state index contributed by atoms with van der Waals surface area (Å²) in [6.45, 7) is 2.28. The van der Waals surface area contributed by atoms with Crippen LogP contribution in [0.3, 0.4) is 0 Å². The van der Waals surface area contributed by atoms with Gasteiger partial charge in [-0.1, -0.05) is 30.3 Å². The molecule has 3 rings (SSSR count). The zero-order valence-electron chi connectivity index (χ0n) is 13.2. The van der Waals surface area contributed by atoms with Gasteiger partial charge in [0.05, 0.1) is 0 Å². The predicted octanol–water partition coefficient (Wildman–Crippen LogP) is 3.40. The molecule has 0 aromatic heterocycles. The summed E-state index contributed by atoms with van der Waals surface area (Å²) in [7, 11) is 0. The number of benzene rings is 2. The molecular formula is C19H22N2OS. The van der Waals surface area contributed by atoms with Crippen molar-refractivity contribution in [3.8, 4) is 0 Å². The molecule has 120 valence electrons. The molecule has 1 aliphatic rings. The second-order valence-electron chi connectivity index (χ2n) is 5.94. The van der Waals surface area contributed by atoms with E-state index in [1.165, 1.54) is 10.5 Å². The molecule has 0 saturated carbocycles. The molecule has 2 N–H and O–H groups in total. The molecule has 1 heterocycles. The largest absolute Gasteiger partial charge is 0.338 e. The van der Waals surface area contributed by atoms with Crippen LogP contribution in [0, 0.1) is 5.92 Å². The van der Waals surface area contributed by atoms with E-state index in [-0.39, 0.29) is 5.91 Å². The predicted molar refractivity (Wildman–Crippen MR) is 95.5 cm³/mol. The lowest BCUT2D eigenvalue weighted by Gasteiger charge is -2.16. The van der Waals surface area contributed by atoms with Gasteiger partial charge in [0.15, 0.2) is 0 Å². The first kappa shape index (κ1) is 16.1. The summed E-state index contributed by atoms with van der Waals surface area (Å²) in [5.41, 5.74) is 7.77. The van der Waals surface area contributed by atoms with Gasteiger partial charge < -0.3 is 10.6 Å². The highest BCUT2D eigenvalue weighted by molar-refractivity contribution is 7.98. The molecule has 2 aromatic rings. The van der Waals surface area contributed by atoms with E-state index < -0.39 is 0 Å². The Morgan fingerprint density at radius 3 is 2.52 bits per heavy atom. The molecule has 0 bridgehead atoms. The summed E-state index contributed by atoms with van der Waals surface area (Å²) in [6.07, 6.45) is 1.02. The average molecular weight is 326 g/mol. The molecule has 23 heavy (non-hydrogen) atoms. The van der Waals surface area contributed by atoms with E-state index in [9.17, 15) is 4.79 Å². The topological polar surface area (TPSA) is 46.3 Å². The van der Waals surface area contributed by atoms with Gasteiger partial charge in [0, 0.05) is 29.3 Å². The Labute approximate surface area is 141 Å². The third kappa shape index (κ3) is 4.15. The fourth-order valence-corrected chi connectivity index (χ4v) is 3.68. The lowest BCUT2D eigenvalue weighted by molar-refractivity contribution is 0.0787. The first-order chi connectivity index (χ1) is 11.3. The van der Waals surface area contributed by atoms with Crippen LogP contribution in [0.4, 0.5) is 0 Å². The Morgan fingerprint density at radius 2 is 1.87 bits per heavy atom. The summed E-state index contributed by atoms with van der Waals surface area (Å²) >= 11 is 1.79. The standard InChI is InChI=1S/C19H22N2OS/c20-12-16-10-11-21(13-16)19(22)17-6-8-18(9-7-17)23-14-15-4-2-1-3-5-15/h1-9,16H,10-14,20H2. The third-order valence-corrected chi connectivity index (χ3v) is 5.34. The van der Waals surface area contributed by atoms with Crippen LogP contribution in [0.5, 0.6) is 0 Å². The Hall–Kier alpha value is -1.78. The third-order valence-electron chi connectivity index (χ3n) is 4.26. The Morgan fingerprint density at radius 1 is 1.13 bits per heavy atom. The number of thioether (sulfide) groups is 1. The molecule has 1 atom stereocenters. The smallest absolute Gasteiger partial charge is 0.253 e. The van der Waals surface area contributed by atoms with Crippen LogP contribution >= 0.6 is 11.8 Å². The summed E-state index contributed by atoms with van der Waals surface area (Å²) in [6, 6.07) is 18.4.